The van der Waals surface area contributed by atoms with E-state index in [2.05, 4.69) is 17.4 Å². The zero-order valence-electron chi connectivity index (χ0n) is 10.3. The van der Waals surface area contributed by atoms with Crippen molar-refractivity contribution in [3.8, 4) is 0 Å². The number of hydrogen-bond acceptors (Lipinski definition) is 1. The maximum absolute atomic E-state index is 11.5. The van der Waals surface area contributed by atoms with E-state index in [1.54, 1.807) is 0 Å². The maximum atomic E-state index is 11.5. The summed E-state index contributed by atoms with van der Waals surface area (Å²) < 4.78 is 0. The van der Waals surface area contributed by atoms with Crippen LogP contribution in [0.1, 0.15) is 12.5 Å². The van der Waals surface area contributed by atoms with Gasteiger partial charge < -0.3 is 10.1 Å². The Morgan fingerprint density at radius 1 is 1.12 bits per heavy atom. The Hall–Kier alpha value is -0.194. The van der Waals surface area contributed by atoms with Crippen LogP contribution in [-0.4, -0.2) is 12.5 Å². The Bertz CT molecular complexity index is 505. The quantitative estimate of drug-likeness (QED) is 0.722. The molecular formula is C14H14KNO. The summed E-state index contributed by atoms with van der Waals surface area (Å²) in [4.78, 5) is 11.5. The van der Waals surface area contributed by atoms with Crippen molar-refractivity contribution in [1.29, 1.82) is 0 Å². The van der Waals surface area contributed by atoms with Crippen LogP contribution in [-0.2, 0) is 11.2 Å². The Balaban J connectivity index is 0.00000144. The molecular weight excluding hydrogens is 237 g/mol. The molecule has 0 atom stereocenters. The van der Waals surface area contributed by atoms with E-state index < -0.39 is 0 Å². The minimum atomic E-state index is -0.0427. The van der Waals surface area contributed by atoms with Crippen molar-refractivity contribution in [1.82, 2.24) is 0 Å². The van der Waals surface area contributed by atoms with E-state index in [-0.39, 0.29) is 57.3 Å². The van der Waals surface area contributed by atoms with E-state index in [1.807, 2.05) is 37.3 Å². The Morgan fingerprint density at radius 2 is 1.82 bits per heavy atom. The van der Waals surface area contributed by atoms with Gasteiger partial charge in [-0.15, -0.1) is 6.54 Å². The first-order valence-electron chi connectivity index (χ1n) is 5.48. The monoisotopic (exact) mass is 251 g/mol. The zero-order chi connectivity index (χ0) is 11.4. The molecule has 0 spiro atoms. The second-order valence-corrected chi connectivity index (χ2v) is 3.68. The molecule has 3 heteroatoms. The normalized spacial score (nSPS) is 9.71. The van der Waals surface area contributed by atoms with Crippen LogP contribution in [0.5, 0.6) is 0 Å². The number of amides is 1. The topological polar surface area (TPSA) is 31.2 Å². The molecule has 0 aromatic heterocycles. The average molecular weight is 251 g/mol. The van der Waals surface area contributed by atoms with E-state index in [0.29, 0.717) is 13.0 Å². The predicted molar refractivity (Wildman–Crippen MR) is 66.6 cm³/mol. The molecule has 0 saturated heterocycles. The summed E-state index contributed by atoms with van der Waals surface area (Å²) in [7, 11) is 0. The molecule has 2 aromatic rings. The number of benzene rings is 2. The fraction of sp³-hybridized carbons (Fsp3) is 0.214. The first-order valence-corrected chi connectivity index (χ1v) is 5.48. The van der Waals surface area contributed by atoms with Crippen molar-refractivity contribution in [2.75, 3.05) is 6.54 Å². The van der Waals surface area contributed by atoms with Gasteiger partial charge >= 0.3 is 51.4 Å². The van der Waals surface area contributed by atoms with Crippen LogP contribution < -0.4 is 51.4 Å². The van der Waals surface area contributed by atoms with Gasteiger partial charge in [-0.2, -0.15) is 0 Å². The first kappa shape index (κ1) is 14.9. The number of rotatable bonds is 3. The van der Waals surface area contributed by atoms with Crippen LogP contribution in [0.4, 0.5) is 0 Å². The molecule has 0 saturated carbocycles. The molecule has 0 heterocycles. The first-order chi connectivity index (χ1) is 7.81. The summed E-state index contributed by atoms with van der Waals surface area (Å²) >= 11 is 0. The standard InChI is InChI=1S/C14H15NO.K/c1-2-15-14(16)10-12-8-5-7-11-6-3-4-9-13(11)12;/h3-9H,2,10H2,1H3,(H,15,16);/q;+1/p-1. The minimum Gasteiger partial charge on any atom is -0.653 e. The molecule has 0 radical (unpaired) electrons. The van der Waals surface area contributed by atoms with Gasteiger partial charge in [0, 0.05) is 6.42 Å². The molecule has 0 fully saturated rings. The van der Waals surface area contributed by atoms with Gasteiger partial charge in [0.2, 0.25) is 0 Å². The molecule has 2 rings (SSSR count). The van der Waals surface area contributed by atoms with Gasteiger partial charge in [-0.1, -0.05) is 49.4 Å². The van der Waals surface area contributed by atoms with Crippen LogP contribution in [0.3, 0.4) is 0 Å². The average Bonchev–Trinajstić information content (AvgIpc) is 2.30. The van der Waals surface area contributed by atoms with Crippen LogP contribution in [0.15, 0.2) is 42.5 Å². The van der Waals surface area contributed by atoms with Crippen molar-refractivity contribution in [3.05, 3.63) is 53.3 Å². The summed E-state index contributed by atoms with van der Waals surface area (Å²) in [5, 5.41) is 6.20. The molecule has 82 valence electrons. The summed E-state index contributed by atoms with van der Waals surface area (Å²) in [6.07, 6.45) is 0.398. The molecule has 0 aliphatic rings. The van der Waals surface area contributed by atoms with Gasteiger partial charge in [0.1, 0.15) is 0 Å². The SMILES string of the molecule is CC[N-]C(=O)Cc1cccc2ccccc12.[K+]. The number of nitrogens with zero attached hydrogens (tertiary/aromatic N) is 1. The minimum absolute atomic E-state index is 0. The third kappa shape index (κ3) is 3.90. The number of hydrogen-bond donors (Lipinski definition) is 0. The van der Waals surface area contributed by atoms with Crippen molar-refractivity contribution >= 4 is 16.7 Å². The Morgan fingerprint density at radius 3 is 2.59 bits per heavy atom. The molecule has 17 heavy (non-hydrogen) atoms. The number of likely N-dealkylation sites (N-methyl/N-ethyl adjacent to an activating group) is 1. The summed E-state index contributed by atoms with van der Waals surface area (Å²) in [6.45, 7) is 2.44. The van der Waals surface area contributed by atoms with Crippen LogP contribution in [0.25, 0.3) is 16.1 Å². The van der Waals surface area contributed by atoms with Gasteiger partial charge in [0.05, 0.1) is 5.91 Å². The molecule has 0 bridgehead atoms. The second kappa shape index (κ2) is 7.29. The van der Waals surface area contributed by atoms with E-state index in [9.17, 15) is 4.79 Å². The van der Waals surface area contributed by atoms with Gasteiger partial charge in [-0.3, -0.25) is 0 Å². The Labute approximate surface area is 144 Å². The number of carbonyl (C=O) groups excluding carboxylic acids is 1. The molecule has 2 nitrogen and oxygen atoms in total. The summed E-state index contributed by atoms with van der Waals surface area (Å²) in [5.74, 6) is -0.0427. The van der Waals surface area contributed by atoms with E-state index in [4.69, 9.17) is 0 Å². The van der Waals surface area contributed by atoms with Crippen molar-refractivity contribution in [2.45, 2.75) is 13.3 Å². The van der Waals surface area contributed by atoms with Crippen LogP contribution in [0, 0.1) is 0 Å². The van der Waals surface area contributed by atoms with Crippen molar-refractivity contribution < 1.29 is 56.2 Å². The van der Waals surface area contributed by atoms with Gasteiger partial charge in [0.15, 0.2) is 0 Å². The summed E-state index contributed by atoms with van der Waals surface area (Å²) in [6, 6.07) is 14.1. The van der Waals surface area contributed by atoms with Gasteiger partial charge in [-0.25, -0.2) is 0 Å². The van der Waals surface area contributed by atoms with E-state index >= 15 is 0 Å². The third-order valence-corrected chi connectivity index (χ3v) is 2.56. The number of fused-ring (bicyclic) bond motifs is 1. The maximum Gasteiger partial charge on any atom is 1.00 e. The zero-order valence-corrected chi connectivity index (χ0v) is 13.4. The number of carbonyl (C=O) groups is 1. The van der Waals surface area contributed by atoms with Gasteiger partial charge in [-0.05, 0) is 16.3 Å². The molecule has 1 amide bonds. The third-order valence-electron chi connectivity index (χ3n) is 2.56. The van der Waals surface area contributed by atoms with Crippen molar-refractivity contribution in [2.24, 2.45) is 0 Å². The van der Waals surface area contributed by atoms with Crippen LogP contribution >= 0.6 is 0 Å². The Kier molecular flexibility index (Phi) is 6.37. The van der Waals surface area contributed by atoms with Crippen LogP contribution in [0.2, 0.25) is 0 Å². The molecule has 0 aliphatic carbocycles. The molecule has 0 aliphatic heterocycles. The van der Waals surface area contributed by atoms with E-state index in [0.717, 1.165) is 10.9 Å². The predicted octanol–water partition coefficient (Wildman–Crippen LogP) is 0.306. The largest absolute Gasteiger partial charge is 1.00 e. The molecule has 0 N–H and O–H groups in total. The summed E-state index contributed by atoms with van der Waals surface area (Å²) in [5.41, 5.74) is 1.06. The second-order valence-electron chi connectivity index (χ2n) is 3.68. The fourth-order valence-electron chi connectivity index (χ4n) is 1.84. The fourth-order valence-corrected chi connectivity index (χ4v) is 1.84. The smallest absolute Gasteiger partial charge is 0.653 e. The molecule has 2 aromatic carbocycles. The van der Waals surface area contributed by atoms with Gasteiger partial charge in [0.25, 0.3) is 0 Å². The van der Waals surface area contributed by atoms with E-state index in [1.165, 1.54) is 5.39 Å². The van der Waals surface area contributed by atoms with Crippen molar-refractivity contribution in [3.63, 3.8) is 0 Å². The molecule has 0 unspecified atom stereocenters.